The first kappa shape index (κ1) is 13.6. The van der Waals surface area contributed by atoms with E-state index in [1.54, 1.807) is 7.11 Å². The molecule has 4 nitrogen and oxygen atoms in total. The van der Waals surface area contributed by atoms with E-state index in [0.717, 1.165) is 36.3 Å². The molecule has 20 heavy (non-hydrogen) atoms. The lowest BCUT2D eigenvalue weighted by Gasteiger charge is -2.11. The van der Waals surface area contributed by atoms with Crippen molar-refractivity contribution in [2.75, 3.05) is 20.4 Å². The largest absolute Gasteiger partial charge is 0.493 e. The SMILES string of the molecule is COc1cc(CNCCC2CCCC2)cc2c1OCO2. The van der Waals surface area contributed by atoms with Crippen LogP contribution in [0.5, 0.6) is 17.2 Å². The van der Waals surface area contributed by atoms with E-state index in [9.17, 15) is 0 Å². The van der Waals surface area contributed by atoms with Crippen LogP contribution in [0.25, 0.3) is 0 Å². The number of methoxy groups -OCH3 is 1. The van der Waals surface area contributed by atoms with E-state index in [0.29, 0.717) is 0 Å². The van der Waals surface area contributed by atoms with Crippen LogP contribution in [-0.4, -0.2) is 20.4 Å². The summed E-state index contributed by atoms with van der Waals surface area (Å²) in [6, 6.07) is 4.06. The summed E-state index contributed by atoms with van der Waals surface area (Å²) >= 11 is 0. The maximum atomic E-state index is 5.44. The van der Waals surface area contributed by atoms with Crippen LogP contribution >= 0.6 is 0 Å². The van der Waals surface area contributed by atoms with Gasteiger partial charge < -0.3 is 19.5 Å². The van der Waals surface area contributed by atoms with Gasteiger partial charge in [0, 0.05) is 6.54 Å². The summed E-state index contributed by atoms with van der Waals surface area (Å²) in [6.45, 7) is 2.21. The first-order valence-electron chi connectivity index (χ1n) is 7.54. The lowest BCUT2D eigenvalue weighted by molar-refractivity contribution is 0.171. The second kappa shape index (κ2) is 6.35. The topological polar surface area (TPSA) is 39.7 Å². The summed E-state index contributed by atoms with van der Waals surface area (Å²) in [6.07, 6.45) is 6.97. The number of hydrogen-bond donors (Lipinski definition) is 1. The fourth-order valence-electron chi connectivity index (χ4n) is 3.12. The van der Waals surface area contributed by atoms with E-state index in [2.05, 4.69) is 5.32 Å². The quantitative estimate of drug-likeness (QED) is 0.811. The molecule has 0 spiro atoms. The van der Waals surface area contributed by atoms with Crippen molar-refractivity contribution in [3.05, 3.63) is 17.7 Å². The molecule has 1 saturated carbocycles. The molecule has 1 aliphatic heterocycles. The zero-order valence-corrected chi connectivity index (χ0v) is 12.1. The minimum absolute atomic E-state index is 0.282. The summed E-state index contributed by atoms with van der Waals surface area (Å²) in [7, 11) is 1.66. The van der Waals surface area contributed by atoms with Gasteiger partial charge in [-0.1, -0.05) is 25.7 Å². The van der Waals surface area contributed by atoms with Crippen LogP contribution in [0.4, 0.5) is 0 Å². The van der Waals surface area contributed by atoms with E-state index in [1.807, 2.05) is 12.1 Å². The molecule has 0 amide bonds. The second-order valence-electron chi connectivity index (χ2n) is 5.65. The standard InChI is InChI=1S/C16H23NO3/c1-18-14-8-13(9-15-16(14)20-11-19-15)10-17-7-6-12-4-2-3-5-12/h8-9,12,17H,2-7,10-11H2,1H3. The van der Waals surface area contributed by atoms with Crippen LogP contribution in [0.3, 0.4) is 0 Å². The molecule has 0 saturated heterocycles. The third-order valence-electron chi connectivity index (χ3n) is 4.25. The predicted octanol–water partition coefficient (Wildman–Crippen LogP) is 3.09. The van der Waals surface area contributed by atoms with Crippen molar-refractivity contribution in [3.63, 3.8) is 0 Å². The zero-order valence-electron chi connectivity index (χ0n) is 12.1. The van der Waals surface area contributed by atoms with Gasteiger partial charge in [-0.15, -0.1) is 0 Å². The molecule has 1 aromatic carbocycles. The maximum Gasteiger partial charge on any atom is 0.231 e. The maximum absolute atomic E-state index is 5.44. The van der Waals surface area contributed by atoms with Crippen molar-refractivity contribution in [3.8, 4) is 17.2 Å². The van der Waals surface area contributed by atoms with Gasteiger partial charge in [0.05, 0.1) is 7.11 Å². The van der Waals surface area contributed by atoms with Gasteiger partial charge in [-0.2, -0.15) is 0 Å². The molecule has 0 atom stereocenters. The first-order chi connectivity index (χ1) is 9.86. The lowest BCUT2D eigenvalue weighted by atomic mass is 10.0. The molecule has 1 aliphatic carbocycles. The van der Waals surface area contributed by atoms with E-state index in [-0.39, 0.29) is 6.79 Å². The van der Waals surface area contributed by atoms with Crippen LogP contribution < -0.4 is 19.5 Å². The molecule has 1 N–H and O–H groups in total. The molecule has 3 rings (SSSR count). The summed E-state index contributed by atoms with van der Waals surface area (Å²) in [4.78, 5) is 0. The number of ether oxygens (including phenoxy) is 3. The highest BCUT2D eigenvalue weighted by atomic mass is 16.7. The van der Waals surface area contributed by atoms with Gasteiger partial charge >= 0.3 is 0 Å². The Morgan fingerprint density at radius 2 is 2.10 bits per heavy atom. The number of rotatable bonds is 6. The normalized spacial score (nSPS) is 17.6. The molecule has 0 radical (unpaired) electrons. The van der Waals surface area contributed by atoms with Crippen LogP contribution in [0.1, 0.15) is 37.7 Å². The van der Waals surface area contributed by atoms with Gasteiger partial charge in [-0.25, -0.2) is 0 Å². The minimum Gasteiger partial charge on any atom is -0.493 e. The summed E-state index contributed by atoms with van der Waals surface area (Å²) in [5.41, 5.74) is 1.18. The highest BCUT2D eigenvalue weighted by Gasteiger charge is 2.20. The number of fused-ring (bicyclic) bond motifs is 1. The first-order valence-corrected chi connectivity index (χ1v) is 7.54. The molecule has 0 aromatic heterocycles. The third kappa shape index (κ3) is 3.01. The highest BCUT2D eigenvalue weighted by molar-refractivity contribution is 5.55. The molecule has 4 heteroatoms. The van der Waals surface area contributed by atoms with Crippen molar-refractivity contribution < 1.29 is 14.2 Å². The van der Waals surface area contributed by atoms with E-state index >= 15 is 0 Å². The summed E-state index contributed by atoms with van der Waals surface area (Å²) < 4.78 is 16.2. The van der Waals surface area contributed by atoms with E-state index in [4.69, 9.17) is 14.2 Å². The van der Waals surface area contributed by atoms with E-state index < -0.39 is 0 Å². The Labute approximate surface area is 120 Å². The molecule has 0 unspecified atom stereocenters. The van der Waals surface area contributed by atoms with Crippen LogP contribution in [0.15, 0.2) is 12.1 Å². The number of hydrogen-bond acceptors (Lipinski definition) is 4. The molecule has 0 bridgehead atoms. The van der Waals surface area contributed by atoms with Gasteiger partial charge in [0.15, 0.2) is 11.5 Å². The molecular formula is C16H23NO3. The molecule has 1 aromatic rings. The van der Waals surface area contributed by atoms with Crippen molar-refractivity contribution in [2.24, 2.45) is 5.92 Å². The van der Waals surface area contributed by atoms with Crippen LogP contribution in [0.2, 0.25) is 0 Å². The van der Waals surface area contributed by atoms with Crippen molar-refractivity contribution in [2.45, 2.75) is 38.6 Å². The average Bonchev–Trinajstić information content (AvgIpc) is 3.13. The molecule has 110 valence electrons. The monoisotopic (exact) mass is 277 g/mol. The zero-order chi connectivity index (χ0) is 13.8. The van der Waals surface area contributed by atoms with Gasteiger partial charge in [0.2, 0.25) is 12.5 Å². The average molecular weight is 277 g/mol. The number of nitrogens with one attached hydrogen (secondary N) is 1. The number of benzene rings is 1. The Morgan fingerprint density at radius 1 is 1.25 bits per heavy atom. The van der Waals surface area contributed by atoms with Gasteiger partial charge in [-0.05, 0) is 36.6 Å². The van der Waals surface area contributed by atoms with Gasteiger partial charge in [-0.3, -0.25) is 0 Å². The lowest BCUT2D eigenvalue weighted by Crippen LogP contribution is -2.17. The predicted molar refractivity (Wildman–Crippen MR) is 77.4 cm³/mol. The van der Waals surface area contributed by atoms with E-state index in [1.165, 1.54) is 37.7 Å². The van der Waals surface area contributed by atoms with Crippen molar-refractivity contribution >= 4 is 0 Å². The van der Waals surface area contributed by atoms with Crippen LogP contribution in [0, 0.1) is 5.92 Å². The second-order valence-corrected chi connectivity index (χ2v) is 5.65. The molecule has 1 fully saturated rings. The molecule has 2 aliphatic rings. The molecular weight excluding hydrogens is 254 g/mol. The fourth-order valence-corrected chi connectivity index (χ4v) is 3.12. The fraction of sp³-hybridized carbons (Fsp3) is 0.625. The smallest absolute Gasteiger partial charge is 0.231 e. The van der Waals surface area contributed by atoms with Gasteiger partial charge in [0.25, 0.3) is 0 Å². The summed E-state index contributed by atoms with van der Waals surface area (Å²) in [5, 5.41) is 3.52. The van der Waals surface area contributed by atoms with Gasteiger partial charge in [0.1, 0.15) is 0 Å². The van der Waals surface area contributed by atoms with Crippen molar-refractivity contribution in [1.82, 2.24) is 5.32 Å². The minimum atomic E-state index is 0.282. The Bertz CT molecular complexity index is 455. The Kier molecular flexibility index (Phi) is 4.31. The van der Waals surface area contributed by atoms with Crippen LogP contribution in [-0.2, 0) is 6.54 Å². The Hall–Kier alpha value is -1.42. The highest BCUT2D eigenvalue weighted by Crippen LogP contribution is 2.41. The third-order valence-corrected chi connectivity index (χ3v) is 4.25. The summed E-state index contributed by atoms with van der Waals surface area (Å²) in [5.74, 6) is 3.21. The Balaban J connectivity index is 1.52. The van der Waals surface area contributed by atoms with Crippen molar-refractivity contribution in [1.29, 1.82) is 0 Å². The Morgan fingerprint density at radius 3 is 2.90 bits per heavy atom. The molecule has 1 heterocycles.